The van der Waals surface area contributed by atoms with Crippen molar-refractivity contribution in [3.05, 3.63) is 44.9 Å². The third-order valence-electron chi connectivity index (χ3n) is 3.37. The van der Waals surface area contributed by atoms with E-state index in [4.69, 9.17) is 4.74 Å². The maximum Gasteiger partial charge on any atom is 0.311 e. The molecule has 0 N–H and O–H groups in total. The minimum Gasteiger partial charge on any atom is -0.486 e. The van der Waals surface area contributed by atoms with Crippen LogP contribution in [0.1, 0.15) is 27.4 Å². The van der Waals surface area contributed by atoms with Crippen LogP contribution in [0.2, 0.25) is 0 Å². The van der Waals surface area contributed by atoms with Gasteiger partial charge in [0.05, 0.1) is 19.2 Å². The van der Waals surface area contributed by atoms with Crippen LogP contribution in [0.5, 0.6) is 5.75 Å². The molecule has 112 valence electrons. The van der Waals surface area contributed by atoms with E-state index in [0.717, 1.165) is 27.6 Å². The van der Waals surface area contributed by atoms with Crippen molar-refractivity contribution in [2.24, 2.45) is 0 Å². The van der Waals surface area contributed by atoms with E-state index in [1.54, 1.807) is 0 Å². The van der Waals surface area contributed by atoms with Gasteiger partial charge in [-0.2, -0.15) is 0 Å². The Balaban J connectivity index is 2.04. The number of carbonyl (C=O) groups excluding carboxylic acids is 1. The molecule has 0 aliphatic rings. The van der Waals surface area contributed by atoms with Crippen molar-refractivity contribution in [3.8, 4) is 5.75 Å². The highest BCUT2D eigenvalue weighted by Gasteiger charge is 2.10. The predicted molar refractivity (Wildman–Crippen MR) is 82.8 cm³/mol. The Hall–Kier alpha value is -1.88. The zero-order chi connectivity index (χ0) is 15.4. The summed E-state index contributed by atoms with van der Waals surface area (Å²) in [7, 11) is 1.38. The molecule has 0 saturated heterocycles. The monoisotopic (exact) mass is 305 g/mol. The second kappa shape index (κ2) is 6.72. The second-order valence-electron chi connectivity index (χ2n) is 4.93. The second-order valence-corrected chi connectivity index (χ2v) is 5.87. The molecule has 1 heterocycles. The number of ether oxygens (including phenoxy) is 2. The van der Waals surface area contributed by atoms with Crippen molar-refractivity contribution in [2.45, 2.75) is 33.8 Å². The van der Waals surface area contributed by atoms with Crippen molar-refractivity contribution < 1.29 is 14.3 Å². The quantitative estimate of drug-likeness (QED) is 0.795. The number of carbonyl (C=O) groups is 1. The van der Waals surface area contributed by atoms with E-state index in [9.17, 15) is 4.79 Å². The SMILES string of the molecule is COC(=O)Cc1csc(COc2c(C)ccc(C)c2C)n1. The lowest BCUT2D eigenvalue weighted by Gasteiger charge is -2.12. The number of aryl methyl sites for hydroxylation is 2. The van der Waals surface area contributed by atoms with Crippen molar-refractivity contribution >= 4 is 17.3 Å². The molecule has 0 atom stereocenters. The standard InChI is InChI=1S/C16H19NO3S/c1-10-5-6-11(2)16(12(10)3)20-8-14-17-13(9-21-14)7-15(18)19-4/h5-6,9H,7-8H2,1-4H3. The Kier molecular flexibility index (Phi) is 4.96. The van der Waals surface area contributed by atoms with E-state index in [1.165, 1.54) is 24.0 Å². The van der Waals surface area contributed by atoms with E-state index in [0.29, 0.717) is 6.61 Å². The summed E-state index contributed by atoms with van der Waals surface area (Å²) in [6.45, 7) is 6.57. The molecular weight excluding hydrogens is 286 g/mol. The Labute approximate surface area is 128 Å². The average molecular weight is 305 g/mol. The maximum atomic E-state index is 11.2. The molecule has 0 aliphatic heterocycles. The smallest absolute Gasteiger partial charge is 0.311 e. The van der Waals surface area contributed by atoms with Crippen LogP contribution in [0, 0.1) is 20.8 Å². The lowest BCUT2D eigenvalue weighted by molar-refractivity contribution is -0.139. The van der Waals surface area contributed by atoms with Crippen LogP contribution < -0.4 is 4.74 Å². The highest BCUT2D eigenvalue weighted by molar-refractivity contribution is 7.09. The molecule has 0 amide bonds. The van der Waals surface area contributed by atoms with Gasteiger partial charge in [0.15, 0.2) is 0 Å². The van der Waals surface area contributed by atoms with Gasteiger partial charge in [-0.15, -0.1) is 11.3 Å². The minimum atomic E-state index is -0.279. The van der Waals surface area contributed by atoms with Gasteiger partial charge >= 0.3 is 5.97 Å². The molecule has 0 spiro atoms. The molecule has 2 aromatic rings. The van der Waals surface area contributed by atoms with Gasteiger partial charge in [0.2, 0.25) is 0 Å². The third kappa shape index (κ3) is 3.82. The number of aromatic nitrogens is 1. The van der Waals surface area contributed by atoms with E-state index in [1.807, 2.05) is 12.3 Å². The van der Waals surface area contributed by atoms with Crippen LogP contribution in [0.25, 0.3) is 0 Å². The molecule has 0 bridgehead atoms. The molecule has 5 heteroatoms. The fourth-order valence-corrected chi connectivity index (χ4v) is 2.70. The van der Waals surface area contributed by atoms with Gasteiger partial charge in [-0.05, 0) is 37.5 Å². The Morgan fingerprint density at radius 3 is 2.67 bits per heavy atom. The first-order valence-electron chi connectivity index (χ1n) is 6.71. The normalized spacial score (nSPS) is 10.5. The summed E-state index contributed by atoms with van der Waals surface area (Å²) in [5.41, 5.74) is 4.20. The topological polar surface area (TPSA) is 48.4 Å². The fourth-order valence-electron chi connectivity index (χ4n) is 2.00. The zero-order valence-electron chi connectivity index (χ0n) is 12.7. The van der Waals surface area contributed by atoms with Gasteiger partial charge in [-0.1, -0.05) is 12.1 Å². The van der Waals surface area contributed by atoms with E-state index in [2.05, 4.69) is 35.7 Å². The van der Waals surface area contributed by atoms with Crippen LogP contribution >= 0.6 is 11.3 Å². The van der Waals surface area contributed by atoms with Crippen LogP contribution in [0.3, 0.4) is 0 Å². The van der Waals surface area contributed by atoms with Gasteiger partial charge in [0.25, 0.3) is 0 Å². The van der Waals surface area contributed by atoms with Crippen molar-refractivity contribution in [3.63, 3.8) is 0 Å². The van der Waals surface area contributed by atoms with Gasteiger partial charge in [0.1, 0.15) is 17.4 Å². The first-order chi connectivity index (χ1) is 10.0. The number of nitrogens with zero attached hydrogens (tertiary/aromatic N) is 1. The van der Waals surface area contributed by atoms with Crippen LogP contribution in [0.4, 0.5) is 0 Å². The molecule has 1 aromatic carbocycles. The number of hydrogen-bond acceptors (Lipinski definition) is 5. The van der Waals surface area contributed by atoms with Crippen LogP contribution in [0.15, 0.2) is 17.5 Å². The summed E-state index contributed by atoms with van der Waals surface area (Å²) in [4.78, 5) is 15.6. The lowest BCUT2D eigenvalue weighted by atomic mass is 10.1. The maximum absolute atomic E-state index is 11.2. The molecule has 0 aliphatic carbocycles. The molecular formula is C16H19NO3S. The first kappa shape index (κ1) is 15.5. The molecule has 2 rings (SSSR count). The van der Waals surface area contributed by atoms with Gasteiger partial charge < -0.3 is 9.47 Å². The molecule has 0 saturated carbocycles. The average Bonchev–Trinajstić information content (AvgIpc) is 2.90. The number of esters is 1. The third-order valence-corrected chi connectivity index (χ3v) is 4.24. The molecule has 1 aromatic heterocycles. The highest BCUT2D eigenvalue weighted by Crippen LogP contribution is 2.27. The summed E-state index contributed by atoms with van der Waals surface area (Å²) in [5.74, 6) is 0.637. The number of thiazole rings is 1. The van der Waals surface area contributed by atoms with Gasteiger partial charge in [0, 0.05) is 5.38 Å². The molecule has 0 fully saturated rings. The summed E-state index contributed by atoms with van der Waals surface area (Å²) < 4.78 is 10.5. The Morgan fingerprint density at radius 1 is 1.24 bits per heavy atom. The van der Waals surface area contributed by atoms with Gasteiger partial charge in [-0.3, -0.25) is 4.79 Å². The number of benzene rings is 1. The highest BCUT2D eigenvalue weighted by atomic mass is 32.1. The molecule has 4 nitrogen and oxygen atoms in total. The molecule has 21 heavy (non-hydrogen) atoms. The number of rotatable bonds is 5. The van der Waals surface area contributed by atoms with E-state index >= 15 is 0 Å². The van der Waals surface area contributed by atoms with Crippen molar-refractivity contribution in [2.75, 3.05) is 7.11 Å². The zero-order valence-corrected chi connectivity index (χ0v) is 13.5. The largest absolute Gasteiger partial charge is 0.486 e. The Bertz CT molecular complexity index is 649. The number of methoxy groups -OCH3 is 1. The lowest BCUT2D eigenvalue weighted by Crippen LogP contribution is -2.05. The first-order valence-corrected chi connectivity index (χ1v) is 7.59. The van der Waals surface area contributed by atoms with E-state index < -0.39 is 0 Å². The molecule has 0 unspecified atom stereocenters. The minimum absolute atomic E-state index is 0.204. The van der Waals surface area contributed by atoms with E-state index in [-0.39, 0.29) is 12.4 Å². The van der Waals surface area contributed by atoms with Gasteiger partial charge in [-0.25, -0.2) is 4.98 Å². The van der Waals surface area contributed by atoms with Crippen LogP contribution in [-0.4, -0.2) is 18.1 Å². The van der Waals surface area contributed by atoms with Crippen molar-refractivity contribution in [1.82, 2.24) is 4.98 Å². The molecule has 0 radical (unpaired) electrons. The Morgan fingerprint density at radius 2 is 1.95 bits per heavy atom. The summed E-state index contributed by atoms with van der Waals surface area (Å²) in [6.07, 6.45) is 0.204. The fraction of sp³-hybridized carbons (Fsp3) is 0.375. The summed E-state index contributed by atoms with van der Waals surface area (Å²) in [6, 6.07) is 4.15. The van der Waals surface area contributed by atoms with Crippen LogP contribution in [-0.2, 0) is 22.6 Å². The summed E-state index contributed by atoms with van der Waals surface area (Å²) >= 11 is 1.49. The summed E-state index contributed by atoms with van der Waals surface area (Å²) in [5, 5.41) is 2.72. The number of hydrogen-bond donors (Lipinski definition) is 0. The predicted octanol–water partition coefficient (Wildman–Crippen LogP) is 3.36. The van der Waals surface area contributed by atoms with Crippen molar-refractivity contribution in [1.29, 1.82) is 0 Å².